The van der Waals surface area contributed by atoms with Gasteiger partial charge in [0.15, 0.2) is 0 Å². The highest BCUT2D eigenvalue weighted by Crippen LogP contribution is 2.47. The molecule has 0 spiro atoms. The van der Waals surface area contributed by atoms with Crippen molar-refractivity contribution in [1.29, 1.82) is 0 Å². The Kier molecular flexibility index (Phi) is 6.53. The number of amides is 1. The number of hydrogen-bond acceptors (Lipinski definition) is 3. The van der Waals surface area contributed by atoms with Crippen LogP contribution in [0.3, 0.4) is 0 Å². The van der Waals surface area contributed by atoms with Crippen LogP contribution >= 0.6 is 0 Å². The molecule has 0 aliphatic carbocycles. The van der Waals surface area contributed by atoms with Gasteiger partial charge in [-0.05, 0) is 89.7 Å². The summed E-state index contributed by atoms with van der Waals surface area (Å²) in [7, 11) is 0. The van der Waals surface area contributed by atoms with Crippen molar-refractivity contribution >= 4 is 11.6 Å². The molecule has 1 aliphatic heterocycles. The molecule has 3 atom stereocenters. The maximum atomic E-state index is 13.6. The van der Waals surface area contributed by atoms with Crippen LogP contribution < -0.4 is 4.90 Å². The second-order valence-electron chi connectivity index (χ2n) is 9.06. The van der Waals surface area contributed by atoms with E-state index in [2.05, 4.69) is 0 Å². The number of aromatic hydroxyl groups is 1. The van der Waals surface area contributed by atoms with E-state index in [0.717, 1.165) is 16.7 Å². The van der Waals surface area contributed by atoms with Crippen LogP contribution in [0.25, 0.3) is 11.1 Å². The van der Waals surface area contributed by atoms with E-state index in [1.54, 1.807) is 47.4 Å². The van der Waals surface area contributed by atoms with Gasteiger partial charge in [0, 0.05) is 5.69 Å². The lowest BCUT2D eigenvalue weighted by atomic mass is 9.77. The number of rotatable bonds is 7. The molecule has 1 fully saturated rings. The number of carbonyl (C=O) groups excluding carboxylic acids is 1. The summed E-state index contributed by atoms with van der Waals surface area (Å²) >= 11 is 0. The molecule has 4 nitrogen and oxygen atoms in total. The quantitative estimate of drug-likeness (QED) is 0.292. The second-order valence-corrected chi connectivity index (χ2v) is 9.06. The van der Waals surface area contributed by atoms with Gasteiger partial charge >= 0.3 is 0 Å². The van der Waals surface area contributed by atoms with Crippen LogP contribution in [-0.2, 0) is 4.79 Å². The Balaban J connectivity index is 1.44. The first-order chi connectivity index (χ1) is 17.4. The van der Waals surface area contributed by atoms with Crippen LogP contribution in [0.5, 0.6) is 5.75 Å². The maximum Gasteiger partial charge on any atom is 0.233 e. The zero-order valence-electron chi connectivity index (χ0n) is 19.4. The molecule has 1 heterocycles. The van der Waals surface area contributed by atoms with E-state index in [-0.39, 0.29) is 35.3 Å². The molecular weight excluding hydrogens is 460 g/mol. The fourth-order valence-electron chi connectivity index (χ4n) is 4.88. The summed E-state index contributed by atoms with van der Waals surface area (Å²) in [6, 6.07) is 26.0. The van der Waals surface area contributed by atoms with Crippen LogP contribution in [0.4, 0.5) is 14.5 Å². The number of phenolic OH excluding ortho intramolecular Hbond substituents is 1. The Morgan fingerprint density at radius 3 is 2.08 bits per heavy atom. The molecule has 5 rings (SSSR count). The number of aliphatic hydroxyl groups excluding tert-OH is 1. The van der Waals surface area contributed by atoms with Crippen LogP contribution in [0.1, 0.15) is 36.1 Å². The predicted octanol–water partition coefficient (Wildman–Crippen LogP) is 6.56. The van der Waals surface area contributed by atoms with Gasteiger partial charge < -0.3 is 15.1 Å². The molecule has 6 heteroatoms. The third-order valence-electron chi connectivity index (χ3n) is 6.73. The van der Waals surface area contributed by atoms with Gasteiger partial charge in [-0.15, -0.1) is 0 Å². The molecule has 1 saturated heterocycles. The summed E-state index contributed by atoms with van der Waals surface area (Å²) in [5, 5.41) is 20.5. The van der Waals surface area contributed by atoms with Gasteiger partial charge in [0.1, 0.15) is 17.4 Å². The van der Waals surface area contributed by atoms with E-state index < -0.39 is 6.10 Å². The normalized spacial score (nSPS) is 18.1. The number of nitrogens with zero attached hydrogens (tertiary/aromatic N) is 1. The minimum Gasteiger partial charge on any atom is -0.508 e. The Morgan fingerprint density at radius 2 is 1.42 bits per heavy atom. The Hall–Kier alpha value is -4.03. The van der Waals surface area contributed by atoms with Crippen molar-refractivity contribution in [1.82, 2.24) is 0 Å². The highest BCUT2D eigenvalue weighted by molar-refractivity contribution is 6.03. The lowest BCUT2D eigenvalue weighted by molar-refractivity contribution is -0.131. The van der Waals surface area contributed by atoms with Crippen LogP contribution in [0.2, 0.25) is 0 Å². The lowest BCUT2D eigenvalue weighted by Crippen LogP contribution is -2.55. The van der Waals surface area contributed by atoms with Crippen LogP contribution in [0, 0.1) is 17.6 Å². The summed E-state index contributed by atoms with van der Waals surface area (Å²) in [5.74, 6) is -1.07. The molecule has 0 aromatic heterocycles. The fraction of sp³-hybridized carbons (Fsp3) is 0.167. The van der Waals surface area contributed by atoms with E-state index in [4.69, 9.17) is 0 Å². The molecule has 2 N–H and O–H groups in total. The minimum absolute atomic E-state index is 0.0966. The SMILES string of the molecule is O=C1[C@H](CC[C@H](O)c2ccc(F)cc2)[C@@H](c2cccc(-c3cccc(O)c3)c2)N1c1ccc(F)cc1. The average molecular weight is 486 g/mol. The van der Waals surface area contributed by atoms with Gasteiger partial charge in [0.2, 0.25) is 5.91 Å². The average Bonchev–Trinajstić information content (AvgIpc) is 2.88. The number of phenols is 1. The number of benzene rings is 4. The summed E-state index contributed by atoms with van der Waals surface area (Å²) in [4.78, 5) is 15.0. The first-order valence-corrected chi connectivity index (χ1v) is 11.8. The second kappa shape index (κ2) is 9.91. The zero-order chi connectivity index (χ0) is 25.2. The highest BCUT2D eigenvalue weighted by Gasteiger charge is 2.48. The molecule has 0 bridgehead atoms. The van der Waals surface area contributed by atoms with E-state index in [9.17, 15) is 23.8 Å². The van der Waals surface area contributed by atoms with Crippen molar-refractivity contribution in [3.05, 3.63) is 120 Å². The molecule has 0 saturated carbocycles. The van der Waals surface area contributed by atoms with Gasteiger partial charge in [-0.3, -0.25) is 4.79 Å². The largest absolute Gasteiger partial charge is 0.508 e. The first kappa shape index (κ1) is 23.7. The number of anilines is 1. The van der Waals surface area contributed by atoms with Crippen LogP contribution in [0.15, 0.2) is 97.1 Å². The number of aliphatic hydroxyl groups is 1. The molecule has 36 heavy (non-hydrogen) atoms. The summed E-state index contributed by atoms with van der Waals surface area (Å²) in [5.41, 5.74) is 3.84. The molecule has 4 aromatic carbocycles. The molecule has 182 valence electrons. The van der Waals surface area contributed by atoms with E-state index in [0.29, 0.717) is 24.1 Å². The highest BCUT2D eigenvalue weighted by atomic mass is 19.1. The number of halogens is 2. The minimum atomic E-state index is -0.822. The van der Waals surface area contributed by atoms with E-state index in [1.165, 1.54) is 24.3 Å². The van der Waals surface area contributed by atoms with Gasteiger partial charge in [0.25, 0.3) is 0 Å². The lowest BCUT2D eigenvalue weighted by Gasteiger charge is -2.48. The molecule has 1 amide bonds. The van der Waals surface area contributed by atoms with E-state index >= 15 is 0 Å². The zero-order valence-corrected chi connectivity index (χ0v) is 19.4. The van der Waals surface area contributed by atoms with E-state index in [1.807, 2.05) is 30.3 Å². The number of β-lactam (4-membered cyclic amide) rings is 1. The maximum absolute atomic E-state index is 13.6. The monoisotopic (exact) mass is 485 g/mol. The standard InChI is InChI=1S/C30H25F2NO3/c31-23-9-7-19(8-10-23)28(35)16-15-27-29(33(30(27)36)25-13-11-24(32)12-14-25)22-5-1-3-20(17-22)21-4-2-6-26(34)18-21/h1-14,17-18,27-29,34-35H,15-16H2/t27-,28+,29-/m1/s1. The summed E-state index contributed by atoms with van der Waals surface area (Å²) in [6.45, 7) is 0. The third-order valence-corrected chi connectivity index (χ3v) is 6.73. The van der Waals surface area contributed by atoms with Crippen molar-refractivity contribution in [3.8, 4) is 16.9 Å². The van der Waals surface area contributed by atoms with Gasteiger partial charge in [0.05, 0.1) is 18.1 Å². The Morgan fingerprint density at radius 1 is 0.806 bits per heavy atom. The van der Waals surface area contributed by atoms with Crippen molar-refractivity contribution in [3.63, 3.8) is 0 Å². The van der Waals surface area contributed by atoms with Gasteiger partial charge in [-0.25, -0.2) is 8.78 Å². The third kappa shape index (κ3) is 4.72. The number of carbonyl (C=O) groups is 1. The molecule has 0 unspecified atom stereocenters. The fourth-order valence-corrected chi connectivity index (χ4v) is 4.88. The van der Waals surface area contributed by atoms with Gasteiger partial charge in [-0.1, -0.05) is 42.5 Å². The predicted molar refractivity (Wildman–Crippen MR) is 134 cm³/mol. The smallest absolute Gasteiger partial charge is 0.233 e. The topological polar surface area (TPSA) is 60.8 Å². The van der Waals surface area contributed by atoms with Gasteiger partial charge in [-0.2, -0.15) is 0 Å². The molecule has 4 aromatic rings. The Bertz CT molecular complexity index is 1370. The molecule has 1 aliphatic rings. The van der Waals surface area contributed by atoms with Crippen molar-refractivity contribution < 1.29 is 23.8 Å². The van der Waals surface area contributed by atoms with Crippen LogP contribution in [-0.4, -0.2) is 16.1 Å². The van der Waals surface area contributed by atoms with Crippen molar-refractivity contribution in [2.75, 3.05) is 4.90 Å². The Labute approximate surface area is 208 Å². The first-order valence-electron chi connectivity index (χ1n) is 11.8. The molecule has 0 radical (unpaired) electrons. The number of hydrogen-bond donors (Lipinski definition) is 2. The summed E-state index contributed by atoms with van der Waals surface area (Å²) < 4.78 is 26.8. The summed E-state index contributed by atoms with van der Waals surface area (Å²) in [6.07, 6.45) is -0.0597. The molecular formula is C30H25F2NO3. The van der Waals surface area contributed by atoms with Crippen molar-refractivity contribution in [2.45, 2.75) is 25.0 Å². The van der Waals surface area contributed by atoms with Crippen molar-refractivity contribution in [2.24, 2.45) is 5.92 Å².